The van der Waals surface area contributed by atoms with E-state index in [2.05, 4.69) is 11.4 Å². The topological polar surface area (TPSA) is 62.1 Å². The van der Waals surface area contributed by atoms with Crippen LogP contribution in [0.4, 0.5) is 8.78 Å². The van der Waals surface area contributed by atoms with Crippen LogP contribution in [0.25, 0.3) is 0 Å². The zero-order valence-electron chi connectivity index (χ0n) is 17.5. The Kier molecular flexibility index (Phi) is 6.35. The van der Waals surface area contributed by atoms with Crippen LogP contribution in [0.2, 0.25) is 10.0 Å². The van der Waals surface area contributed by atoms with E-state index in [0.29, 0.717) is 0 Å². The SMILES string of the molecule is C[C@@H]1N[C@@H](C(=O)OC(C)(C)C)[C@H](c2cccc(Cl)c2F)[C@@]1(C#N)c1ccc(Cl)cc1F. The fourth-order valence-corrected chi connectivity index (χ4v) is 4.58. The number of rotatable bonds is 3. The quantitative estimate of drug-likeness (QED) is 0.604. The van der Waals surface area contributed by atoms with Gasteiger partial charge in [-0.1, -0.05) is 41.4 Å². The van der Waals surface area contributed by atoms with Gasteiger partial charge in [-0.2, -0.15) is 5.26 Å². The molecule has 1 saturated heterocycles. The number of carbonyl (C=O) groups excluding carboxylic acids is 1. The third-order valence-electron chi connectivity index (χ3n) is 5.48. The second-order valence-corrected chi connectivity index (χ2v) is 9.47. The fraction of sp³-hybridized carbons (Fsp3) is 0.391. The maximum Gasteiger partial charge on any atom is 0.324 e. The van der Waals surface area contributed by atoms with Crippen molar-refractivity contribution >= 4 is 29.2 Å². The van der Waals surface area contributed by atoms with Crippen molar-refractivity contribution in [1.82, 2.24) is 5.32 Å². The highest BCUT2D eigenvalue weighted by atomic mass is 35.5. The molecule has 0 unspecified atom stereocenters. The average molecular weight is 467 g/mol. The number of halogens is 4. The highest BCUT2D eigenvalue weighted by Gasteiger charge is 2.60. The number of nitrogens with one attached hydrogen (secondary N) is 1. The summed E-state index contributed by atoms with van der Waals surface area (Å²) in [7, 11) is 0. The molecule has 0 aromatic heterocycles. The van der Waals surface area contributed by atoms with Crippen LogP contribution in [0.5, 0.6) is 0 Å². The van der Waals surface area contributed by atoms with Crippen LogP contribution in [0.15, 0.2) is 36.4 Å². The zero-order valence-corrected chi connectivity index (χ0v) is 19.0. The summed E-state index contributed by atoms with van der Waals surface area (Å²) in [5.41, 5.74) is -2.42. The van der Waals surface area contributed by atoms with Crippen LogP contribution in [-0.2, 0) is 14.9 Å². The van der Waals surface area contributed by atoms with E-state index in [1.165, 1.54) is 30.3 Å². The predicted molar refractivity (Wildman–Crippen MR) is 115 cm³/mol. The molecule has 4 nitrogen and oxygen atoms in total. The van der Waals surface area contributed by atoms with E-state index in [0.717, 1.165) is 6.07 Å². The van der Waals surface area contributed by atoms with Crippen molar-refractivity contribution in [1.29, 1.82) is 5.26 Å². The molecule has 2 aromatic rings. The van der Waals surface area contributed by atoms with Gasteiger partial charge in [-0.25, -0.2) is 8.78 Å². The normalized spacial score (nSPS) is 25.8. The molecule has 1 N–H and O–H groups in total. The summed E-state index contributed by atoms with van der Waals surface area (Å²) in [5, 5.41) is 13.4. The number of esters is 1. The van der Waals surface area contributed by atoms with Crippen LogP contribution in [-0.4, -0.2) is 23.7 Å². The second-order valence-electron chi connectivity index (χ2n) is 8.63. The van der Waals surface area contributed by atoms with Crippen molar-refractivity contribution in [2.75, 3.05) is 0 Å². The Morgan fingerprint density at radius 2 is 1.90 bits per heavy atom. The minimum Gasteiger partial charge on any atom is -0.459 e. The van der Waals surface area contributed by atoms with Crippen molar-refractivity contribution in [2.45, 2.75) is 56.7 Å². The molecule has 1 fully saturated rings. The summed E-state index contributed by atoms with van der Waals surface area (Å²) in [5.74, 6) is -3.28. The minimum absolute atomic E-state index is 0.00911. The first-order chi connectivity index (χ1) is 14.4. The Balaban J connectivity index is 2.29. The van der Waals surface area contributed by atoms with E-state index in [9.17, 15) is 10.1 Å². The molecule has 4 atom stereocenters. The smallest absolute Gasteiger partial charge is 0.324 e. The summed E-state index contributed by atoms with van der Waals surface area (Å²) >= 11 is 11.9. The first-order valence-corrected chi connectivity index (χ1v) is 10.5. The number of nitrogens with zero attached hydrogens (tertiary/aromatic N) is 1. The van der Waals surface area contributed by atoms with E-state index in [4.69, 9.17) is 27.9 Å². The number of carbonyl (C=O) groups is 1. The third-order valence-corrected chi connectivity index (χ3v) is 6.00. The Morgan fingerprint density at radius 1 is 1.23 bits per heavy atom. The predicted octanol–water partition coefficient (Wildman–Crippen LogP) is 5.52. The second kappa shape index (κ2) is 8.38. The van der Waals surface area contributed by atoms with Gasteiger partial charge in [0.05, 0.1) is 11.1 Å². The lowest BCUT2D eigenvalue weighted by atomic mass is 9.65. The summed E-state index contributed by atoms with van der Waals surface area (Å²) in [6, 6.07) is 8.62. The highest BCUT2D eigenvalue weighted by molar-refractivity contribution is 6.31. The fourth-order valence-electron chi connectivity index (χ4n) is 4.24. The molecule has 0 saturated carbocycles. The molecular weight excluding hydrogens is 445 g/mol. The van der Waals surface area contributed by atoms with E-state index < -0.39 is 46.6 Å². The van der Waals surface area contributed by atoms with Crippen LogP contribution >= 0.6 is 23.2 Å². The van der Waals surface area contributed by atoms with Gasteiger partial charge in [0.1, 0.15) is 28.7 Å². The Hall–Kier alpha value is -2.20. The van der Waals surface area contributed by atoms with Crippen molar-refractivity contribution in [3.8, 4) is 6.07 Å². The van der Waals surface area contributed by atoms with Gasteiger partial charge in [0.2, 0.25) is 0 Å². The lowest BCUT2D eigenvalue weighted by molar-refractivity contribution is -0.157. The van der Waals surface area contributed by atoms with Crippen LogP contribution in [0.3, 0.4) is 0 Å². The molecule has 0 amide bonds. The maximum absolute atomic E-state index is 15.2. The lowest BCUT2D eigenvalue weighted by Gasteiger charge is -2.34. The molecule has 0 spiro atoms. The van der Waals surface area contributed by atoms with Crippen molar-refractivity contribution in [2.24, 2.45) is 0 Å². The minimum atomic E-state index is -1.64. The molecule has 0 bridgehead atoms. The first kappa shape index (κ1) is 23.5. The van der Waals surface area contributed by atoms with Gasteiger partial charge in [0.15, 0.2) is 0 Å². The van der Waals surface area contributed by atoms with Crippen LogP contribution < -0.4 is 5.32 Å². The molecule has 0 radical (unpaired) electrons. The van der Waals surface area contributed by atoms with Gasteiger partial charge in [-0.3, -0.25) is 10.1 Å². The summed E-state index contributed by atoms with van der Waals surface area (Å²) in [4.78, 5) is 13.1. The Bertz CT molecular complexity index is 1060. The molecule has 1 aliphatic rings. The molecular formula is C23H22Cl2F2N2O2. The van der Waals surface area contributed by atoms with E-state index in [1.54, 1.807) is 27.7 Å². The number of benzene rings is 2. The zero-order chi connectivity index (χ0) is 23.1. The van der Waals surface area contributed by atoms with Crippen LogP contribution in [0.1, 0.15) is 44.7 Å². The highest BCUT2D eigenvalue weighted by Crippen LogP contribution is 2.50. The molecule has 1 aliphatic heterocycles. The van der Waals surface area contributed by atoms with E-state index in [-0.39, 0.29) is 21.2 Å². The number of hydrogen-bond donors (Lipinski definition) is 1. The summed E-state index contributed by atoms with van der Waals surface area (Å²) in [6.07, 6.45) is 0. The molecule has 164 valence electrons. The lowest BCUT2D eigenvalue weighted by Crippen LogP contribution is -2.42. The van der Waals surface area contributed by atoms with Crippen molar-refractivity contribution in [3.63, 3.8) is 0 Å². The Morgan fingerprint density at radius 3 is 2.48 bits per heavy atom. The van der Waals surface area contributed by atoms with Crippen LogP contribution in [0, 0.1) is 23.0 Å². The summed E-state index contributed by atoms with van der Waals surface area (Å²) < 4.78 is 35.8. The molecule has 2 aromatic carbocycles. The third kappa shape index (κ3) is 4.15. The largest absolute Gasteiger partial charge is 0.459 e. The number of nitriles is 1. The average Bonchev–Trinajstić information content (AvgIpc) is 2.96. The summed E-state index contributed by atoms with van der Waals surface area (Å²) in [6.45, 7) is 6.76. The standard InChI is InChI=1S/C23H22Cl2F2N2O2/c1-12-23(11-28,15-9-8-13(24)10-17(15)26)18(14-6-5-7-16(25)19(14)27)20(29-12)21(30)31-22(2,3)4/h5-10,12,18,20,29H,1-4H3/t12-,18-,20+,23+/m0/s1. The van der Waals surface area contributed by atoms with Gasteiger partial charge in [0.25, 0.3) is 0 Å². The molecule has 3 rings (SSSR count). The van der Waals surface area contributed by atoms with E-state index >= 15 is 8.78 Å². The van der Waals surface area contributed by atoms with Crippen molar-refractivity contribution < 1.29 is 18.3 Å². The van der Waals surface area contributed by atoms with E-state index in [1.807, 2.05) is 0 Å². The van der Waals surface area contributed by atoms with Gasteiger partial charge in [0, 0.05) is 22.5 Å². The van der Waals surface area contributed by atoms with Gasteiger partial charge in [-0.15, -0.1) is 0 Å². The van der Waals surface area contributed by atoms with Gasteiger partial charge in [-0.05, 0) is 51.5 Å². The van der Waals surface area contributed by atoms with Gasteiger partial charge < -0.3 is 4.74 Å². The number of hydrogen-bond acceptors (Lipinski definition) is 4. The Labute approximate surface area is 190 Å². The maximum atomic E-state index is 15.2. The molecule has 0 aliphatic carbocycles. The van der Waals surface area contributed by atoms with Gasteiger partial charge >= 0.3 is 5.97 Å². The monoisotopic (exact) mass is 466 g/mol. The number of ether oxygens (including phenoxy) is 1. The van der Waals surface area contributed by atoms with Crippen molar-refractivity contribution in [3.05, 3.63) is 69.2 Å². The first-order valence-electron chi connectivity index (χ1n) is 9.72. The molecule has 8 heteroatoms. The molecule has 31 heavy (non-hydrogen) atoms. The molecule has 1 heterocycles.